The van der Waals surface area contributed by atoms with Gasteiger partial charge in [0.05, 0.1) is 0 Å². The molecule has 0 aliphatic rings. The first kappa shape index (κ1) is 19.6. The van der Waals surface area contributed by atoms with Crippen molar-refractivity contribution in [1.82, 2.24) is 10.3 Å². The van der Waals surface area contributed by atoms with Gasteiger partial charge in [0, 0.05) is 30.5 Å². The van der Waals surface area contributed by atoms with Crippen LogP contribution in [-0.4, -0.2) is 10.9 Å². The topological polar surface area (TPSA) is 55.1 Å². The Kier molecular flexibility index (Phi) is 5.99. The molecule has 0 bridgehead atoms. The zero-order chi connectivity index (χ0) is 20.8. The number of amides is 1. The molecule has 4 nitrogen and oxygen atoms in total. The van der Waals surface area contributed by atoms with Crippen molar-refractivity contribution in [3.05, 3.63) is 102 Å². The van der Waals surface area contributed by atoms with Crippen LogP contribution in [0, 0.1) is 5.82 Å². The molecule has 150 valence electrons. The Bertz CT molecular complexity index is 1070. The molecular weight excluding hydrogens is 379 g/mol. The second-order valence-corrected chi connectivity index (χ2v) is 6.92. The summed E-state index contributed by atoms with van der Waals surface area (Å²) in [7, 11) is 0. The number of halogens is 1. The largest absolute Gasteiger partial charge is 0.440 e. The number of nitrogens with zero attached hydrogens (tertiary/aromatic N) is 1. The number of rotatable bonds is 7. The van der Waals surface area contributed by atoms with Crippen LogP contribution in [0.2, 0.25) is 0 Å². The summed E-state index contributed by atoms with van der Waals surface area (Å²) in [5.41, 5.74) is 3.38. The number of carbonyl (C=O) groups is 1. The average Bonchev–Trinajstić information content (AvgIpc) is 3.22. The van der Waals surface area contributed by atoms with Gasteiger partial charge in [-0.3, -0.25) is 4.79 Å². The Morgan fingerprint density at radius 2 is 1.60 bits per heavy atom. The molecule has 0 atom stereocenters. The zero-order valence-corrected chi connectivity index (χ0v) is 16.3. The molecule has 0 aliphatic carbocycles. The lowest BCUT2D eigenvalue weighted by atomic mass is 10.1. The first-order valence-electron chi connectivity index (χ1n) is 9.81. The van der Waals surface area contributed by atoms with Crippen molar-refractivity contribution in [3.63, 3.8) is 0 Å². The summed E-state index contributed by atoms with van der Waals surface area (Å²) in [4.78, 5) is 16.9. The van der Waals surface area contributed by atoms with Crippen molar-refractivity contribution < 1.29 is 13.6 Å². The highest BCUT2D eigenvalue weighted by Gasteiger charge is 2.17. The summed E-state index contributed by atoms with van der Waals surface area (Å²) in [5, 5.41) is 2.81. The standard InChI is InChI=1S/C25H21FN2O2/c26-21-13-7-8-18(16-21)17-27-22(29)14-15-23-28-24(19-9-3-1-4-10-19)25(30-23)20-11-5-2-6-12-20/h1-13,16H,14-15,17H2,(H,27,29). The fourth-order valence-electron chi connectivity index (χ4n) is 3.20. The highest BCUT2D eigenvalue weighted by Crippen LogP contribution is 2.32. The Balaban J connectivity index is 1.46. The highest BCUT2D eigenvalue weighted by molar-refractivity contribution is 5.77. The molecule has 3 aromatic carbocycles. The molecule has 4 aromatic rings. The molecule has 0 radical (unpaired) electrons. The number of hydrogen-bond acceptors (Lipinski definition) is 3. The van der Waals surface area contributed by atoms with Crippen molar-refractivity contribution in [3.8, 4) is 22.6 Å². The number of aromatic nitrogens is 1. The van der Waals surface area contributed by atoms with E-state index in [0.717, 1.165) is 22.4 Å². The van der Waals surface area contributed by atoms with Crippen molar-refractivity contribution in [1.29, 1.82) is 0 Å². The first-order chi connectivity index (χ1) is 14.7. The van der Waals surface area contributed by atoms with Crippen LogP contribution in [0.5, 0.6) is 0 Å². The number of hydrogen-bond donors (Lipinski definition) is 1. The fourth-order valence-corrected chi connectivity index (χ4v) is 3.20. The minimum Gasteiger partial charge on any atom is -0.440 e. The van der Waals surface area contributed by atoms with Gasteiger partial charge in [0.15, 0.2) is 11.7 Å². The Labute approximate surface area is 174 Å². The van der Waals surface area contributed by atoms with E-state index in [1.54, 1.807) is 12.1 Å². The van der Waals surface area contributed by atoms with Crippen LogP contribution in [0.15, 0.2) is 89.3 Å². The van der Waals surface area contributed by atoms with Gasteiger partial charge < -0.3 is 9.73 Å². The monoisotopic (exact) mass is 400 g/mol. The minimum absolute atomic E-state index is 0.139. The maximum atomic E-state index is 13.2. The summed E-state index contributed by atoms with van der Waals surface area (Å²) in [6.07, 6.45) is 0.611. The molecular formula is C25H21FN2O2. The molecule has 0 unspecified atom stereocenters. The van der Waals surface area contributed by atoms with Crippen LogP contribution in [0.4, 0.5) is 4.39 Å². The van der Waals surface area contributed by atoms with Crippen molar-refractivity contribution in [2.24, 2.45) is 0 Å². The summed E-state index contributed by atoms with van der Waals surface area (Å²) in [6.45, 7) is 0.284. The maximum absolute atomic E-state index is 13.2. The normalized spacial score (nSPS) is 10.7. The minimum atomic E-state index is -0.316. The lowest BCUT2D eigenvalue weighted by molar-refractivity contribution is -0.121. The molecule has 1 heterocycles. The summed E-state index contributed by atoms with van der Waals surface area (Å²) >= 11 is 0. The molecule has 1 amide bonds. The van der Waals surface area contributed by atoms with Gasteiger partial charge in [-0.15, -0.1) is 0 Å². The van der Waals surface area contributed by atoms with E-state index in [9.17, 15) is 9.18 Å². The van der Waals surface area contributed by atoms with Crippen molar-refractivity contribution >= 4 is 5.91 Å². The van der Waals surface area contributed by atoms with Crippen molar-refractivity contribution in [2.75, 3.05) is 0 Å². The molecule has 0 spiro atoms. The molecule has 0 fully saturated rings. The van der Waals surface area contributed by atoms with E-state index in [1.165, 1.54) is 12.1 Å². The molecule has 4 rings (SSSR count). The summed E-state index contributed by atoms with van der Waals surface area (Å²) < 4.78 is 19.3. The van der Waals surface area contributed by atoms with Crippen LogP contribution in [0.1, 0.15) is 17.9 Å². The Morgan fingerprint density at radius 1 is 0.900 bits per heavy atom. The van der Waals surface area contributed by atoms with Crippen LogP contribution < -0.4 is 5.32 Å². The van der Waals surface area contributed by atoms with Crippen LogP contribution in [-0.2, 0) is 17.8 Å². The molecule has 30 heavy (non-hydrogen) atoms. The summed E-state index contributed by atoms with van der Waals surface area (Å²) in [5.74, 6) is 0.744. The molecule has 1 N–H and O–H groups in total. The van der Waals surface area contributed by atoms with Crippen molar-refractivity contribution in [2.45, 2.75) is 19.4 Å². The average molecular weight is 400 g/mol. The van der Waals surface area contributed by atoms with E-state index in [4.69, 9.17) is 4.42 Å². The number of nitrogens with one attached hydrogen (secondary N) is 1. The van der Waals surface area contributed by atoms with Crippen LogP contribution in [0.25, 0.3) is 22.6 Å². The predicted octanol–water partition coefficient (Wildman–Crippen LogP) is 5.40. The lowest BCUT2D eigenvalue weighted by Crippen LogP contribution is -2.23. The van der Waals surface area contributed by atoms with Gasteiger partial charge in [0.25, 0.3) is 0 Å². The number of aryl methyl sites for hydroxylation is 1. The van der Waals surface area contributed by atoms with E-state index in [2.05, 4.69) is 10.3 Å². The van der Waals surface area contributed by atoms with Gasteiger partial charge in [-0.1, -0.05) is 72.8 Å². The van der Waals surface area contributed by atoms with E-state index >= 15 is 0 Å². The second-order valence-electron chi connectivity index (χ2n) is 6.92. The zero-order valence-electron chi connectivity index (χ0n) is 16.3. The molecule has 5 heteroatoms. The van der Waals surface area contributed by atoms with Gasteiger partial charge in [0.1, 0.15) is 11.5 Å². The lowest BCUT2D eigenvalue weighted by Gasteiger charge is -2.04. The second kappa shape index (κ2) is 9.18. The van der Waals surface area contributed by atoms with E-state index < -0.39 is 0 Å². The number of carbonyl (C=O) groups excluding carboxylic acids is 1. The third-order valence-electron chi connectivity index (χ3n) is 4.70. The quantitative estimate of drug-likeness (QED) is 0.452. The molecule has 1 aromatic heterocycles. The number of oxazole rings is 1. The van der Waals surface area contributed by atoms with Gasteiger partial charge in [-0.25, -0.2) is 9.37 Å². The Hall–Kier alpha value is -3.73. The van der Waals surface area contributed by atoms with Crippen LogP contribution in [0.3, 0.4) is 0 Å². The smallest absolute Gasteiger partial charge is 0.220 e. The molecule has 0 saturated carbocycles. The predicted molar refractivity (Wildman–Crippen MR) is 114 cm³/mol. The molecule has 0 aliphatic heterocycles. The third kappa shape index (κ3) is 4.81. The first-order valence-corrected chi connectivity index (χ1v) is 9.81. The van der Waals surface area contributed by atoms with Gasteiger partial charge in [0.2, 0.25) is 5.91 Å². The fraction of sp³-hybridized carbons (Fsp3) is 0.120. The molecule has 0 saturated heterocycles. The van der Waals surface area contributed by atoms with E-state index in [0.29, 0.717) is 18.1 Å². The van der Waals surface area contributed by atoms with E-state index in [-0.39, 0.29) is 24.7 Å². The summed E-state index contributed by atoms with van der Waals surface area (Å²) in [6, 6.07) is 25.8. The SMILES string of the molecule is O=C(CCc1nc(-c2ccccc2)c(-c2ccccc2)o1)NCc1cccc(F)c1. The van der Waals surface area contributed by atoms with Gasteiger partial charge >= 0.3 is 0 Å². The van der Waals surface area contributed by atoms with Crippen LogP contribution >= 0.6 is 0 Å². The third-order valence-corrected chi connectivity index (χ3v) is 4.70. The van der Waals surface area contributed by atoms with Gasteiger partial charge in [-0.2, -0.15) is 0 Å². The number of benzene rings is 3. The maximum Gasteiger partial charge on any atom is 0.220 e. The highest BCUT2D eigenvalue weighted by atomic mass is 19.1. The van der Waals surface area contributed by atoms with E-state index in [1.807, 2.05) is 60.7 Å². The Morgan fingerprint density at radius 3 is 2.30 bits per heavy atom. The van der Waals surface area contributed by atoms with Gasteiger partial charge in [-0.05, 0) is 17.7 Å².